The molecule has 1 heterocycles. The number of benzene rings is 3. The Hall–Kier alpha value is -2.75. The number of fused-ring (bicyclic) bond motifs is 1. The molecular weight excluding hydrogens is 519 g/mol. The van der Waals surface area contributed by atoms with Crippen LogP contribution in [0.2, 0.25) is 0 Å². The molecular formula is C30H33F5O4. The summed E-state index contributed by atoms with van der Waals surface area (Å²) in [7, 11) is 0. The molecule has 3 aromatic rings. The minimum Gasteiger partial charge on any atom is -0.429 e. The van der Waals surface area contributed by atoms with Gasteiger partial charge < -0.3 is 18.9 Å². The first-order chi connectivity index (χ1) is 18.8. The zero-order chi connectivity index (χ0) is 27.8. The number of ether oxygens (including phenoxy) is 4. The lowest BCUT2D eigenvalue weighted by molar-refractivity contribution is -0.227. The quantitative estimate of drug-likeness (QED) is 0.162. The highest BCUT2D eigenvalue weighted by molar-refractivity contribution is 5.84. The van der Waals surface area contributed by atoms with Gasteiger partial charge in [-0.25, -0.2) is 13.2 Å². The third-order valence-electron chi connectivity index (χ3n) is 6.75. The number of hydrogen-bond acceptors (Lipinski definition) is 4. The summed E-state index contributed by atoms with van der Waals surface area (Å²) in [6.07, 6.45) is 4.67. The van der Waals surface area contributed by atoms with Crippen LogP contribution in [0, 0.1) is 17.5 Å². The van der Waals surface area contributed by atoms with Crippen LogP contribution in [0.5, 0.6) is 5.75 Å². The van der Waals surface area contributed by atoms with Gasteiger partial charge in [0.1, 0.15) is 11.9 Å². The van der Waals surface area contributed by atoms with E-state index in [0.29, 0.717) is 43.6 Å². The van der Waals surface area contributed by atoms with Crippen LogP contribution in [0.25, 0.3) is 10.8 Å². The largest absolute Gasteiger partial charge is 0.429 e. The van der Waals surface area contributed by atoms with E-state index in [9.17, 15) is 17.6 Å². The summed E-state index contributed by atoms with van der Waals surface area (Å²) in [4.78, 5) is 0. The molecule has 1 aliphatic heterocycles. The van der Waals surface area contributed by atoms with Crippen LogP contribution in [-0.2, 0) is 33.5 Å². The van der Waals surface area contributed by atoms with E-state index in [-0.39, 0.29) is 30.8 Å². The van der Waals surface area contributed by atoms with Crippen molar-refractivity contribution in [3.63, 3.8) is 0 Å². The standard InChI is InChI=1S/C30H33F5O4/c1-2-3-4-13-36-23-17-37-27(38-18-23)12-7-19-6-11-24-22(14-19)10-9-21(28(24)33)8-5-20-15-25(31)29(26(32)16-20)39-30(34)35/h6,9-11,14-16,23,27,30H,2-5,7-8,12-13,17-18H2,1H3. The molecule has 0 aliphatic carbocycles. The maximum atomic E-state index is 15.2. The topological polar surface area (TPSA) is 36.9 Å². The average molecular weight is 553 g/mol. The van der Waals surface area contributed by atoms with Gasteiger partial charge in [0, 0.05) is 18.4 Å². The summed E-state index contributed by atoms with van der Waals surface area (Å²) in [6, 6.07) is 10.8. The van der Waals surface area contributed by atoms with E-state index in [1.54, 1.807) is 12.1 Å². The van der Waals surface area contributed by atoms with Crippen LogP contribution in [0.1, 0.15) is 49.3 Å². The Bertz CT molecular complexity index is 1200. The van der Waals surface area contributed by atoms with Gasteiger partial charge in [-0.2, -0.15) is 8.78 Å². The third kappa shape index (κ3) is 8.13. The average Bonchev–Trinajstić information content (AvgIpc) is 2.92. The van der Waals surface area contributed by atoms with Gasteiger partial charge in [-0.3, -0.25) is 0 Å². The van der Waals surface area contributed by atoms with E-state index in [1.165, 1.54) is 0 Å². The zero-order valence-electron chi connectivity index (χ0n) is 21.9. The maximum absolute atomic E-state index is 15.2. The summed E-state index contributed by atoms with van der Waals surface area (Å²) in [6.45, 7) is 0.548. The molecule has 3 aromatic carbocycles. The molecule has 1 saturated heterocycles. The van der Waals surface area contributed by atoms with Crippen molar-refractivity contribution in [2.45, 2.75) is 70.9 Å². The molecule has 4 rings (SSSR count). The van der Waals surface area contributed by atoms with Crippen LogP contribution in [-0.4, -0.2) is 38.8 Å². The van der Waals surface area contributed by atoms with Crippen molar-refractivity contribution in [2.24, 2.45) is 0 Å². The van der Waals surface area contributed by atoms with Gasteiger partial charge in [0.05, 0.1) is 13.2 Å². The second kappa shape index (κ2) is 14.1. The highest BCUT2D eigenvalue weighted by Crippen LogP contribution is 2.28. The van der Waals surface area contributed by atoms with Crippen LogP contribution < -0.4 is 4.74 Å². The maximum Gasteiger partial charge on any atom is 0.387 e. The van der Waals surface area contributed by atoms with E-state index in [2.05, 4.69) is 11.7 Å². The summed E-state index contributed by atoms with van der Waals surface area (Å²) in [5.41, 5.74) is 1.62. The van der Waals surface area contributed by atoms with Crippen LogP contribution in [0.3, 0.4) is 0 Å². The number of unbranched alkanes of at least 4 members (excludes halogenated alkanes) is 2. The third-order valence-corrected chi connectivity index (χ3v) is 6.75. The second-order valence-electron chi connectivity index (χ2n) is 9.70. The van der Waals surface area contributed by atoms with Gasteiger partial charge in [-0.1, -0.05) is 50.1 Å². The van der Waals surface area contributed by atoms with Gasteiger partial charge in [-0.05, 0) is 59.9 Å². The lowest BCUT2D eigenvalue weighted by Gasteiger charge is -2.29. The number of halogens is 5. The van der Waals surface area contributed by atoms with E-state index in [1.807, 2.05) is 18.2 Å². The predicted molar refractivity (Wildman–Crippen MR) is 138 cm³/mol. The normalized spacial score (nSPS) is 17.7. The second-order valence-corrected chi connectivity index (χ2v) is 9.70. The van der Waals surface area contributed by atoms with Gasteiger partial charge in [0.15, 0.2) is 23.7 Å². The summed E-state index contributed by atoms with van der Waals surface area (Å²) in [5, 5.41) is 1.19. The predicted octanol–water partition coefficient (Wildman–Crippen LogP) is 7.52. The lowest BCUT2D eigenvalue weighted by Crippen LogP contribution is -2.37. The fourth-order valence-electron chi connectivity index (χ4n) is 4.65. The number of alkyl halides is 2. The Morgan fingerprint density at radius 2 is 1.62 bits per heavy atom. The number of rotatable bonds is 13. The molecule has 1 aliphatic rings. The first-order valence-electron chi connectivity index (χ1n) is 13.3. The van der Waals surface area contributed by atoms with Gasteiger partial charge in [-0.15, -0.1) is 0 Å². The Kier molecular flexibility index (Phi) is 10.5. The molecule has 0 atom stereocenters. The summed E-state index contributed by atoms with van der Waals surface area (Å²) < 4.78 is 89.1. The van der Waals surface area contributed by atoms with Gasteiger partial charge in [0.25, 0.3) is 0 Å². The Labute approximate surface area is 225 Å². The van der Waals surface area contributed by atoms with Crippen LogP contribution >= 0.6 is 0 Å². The fourth-order valence-corrected chi connectivity index (χ4v) is 4.65. The van der Waals surface area contributed by atoms with E-state index in [0.717, 1.165) is 42.3 Å². The summed E-state index contributed by atoms with van der Waals surface area (Å²) >= 11 is 0. The molecule has 4 nitrogen and oxygen atoms in total. The smallest absolute Gasteiger partial charge is 0.387 e. The first kappa shape index (κ1) is 29.2. The lowest BCUT2D eigenvalue weighted by atomic mass is 9.98. The molecule has 0 saturated carbocycles. The Balaban J connectivity index is 1.30. The molecule has 212 valence electrons. The Morgan fingerprint density at radius 3 is 2.31 bits per heavy atom. The highest BCUT2D eigenvalue weighted by atomic mass is 19.3. The van der Waals surface area contributed by atoms with Crippen molar-refractivity contribution in [1.29, 1.82) is 0 Å². The molecule has 0 unspecified atom stereocenters. The number of hydrogen-bond donors (Lipinski definition) is 0. The molecule has 0 amide bonds. The molecule has 0 bridgehead atoms. The van der Waals surface area contributed by atoms with Crippen molar-refractivity contribution >= 4 is 10.8 Å². The van der Waals surface area contributed by atoms with E-state index >= 15 is 4.39 Å². The van der Waals surface area contributed by atoms with Crippen molar-refractivity contribution in [1.82, 2.24) is 0 Å². The van der Waals surface area contributed by atoms with Crippen molar-refractivity contribution < 1.29 is 40.9 Å². The molecule has 39 heavy (non-hydrogen) atoms. The van der Waals surface area contributed by atoms with Crippen molar-refractivity contribution in [3.8, 4) is 5.75 Å². The molecule has 0 N–H and O–H groups in total. The molecule has 0 aromatic heterocycles. The van der Waals surface area contributed by atoms with E-state index in [4.69, 9.17) is 14.2 Å². The fraction of sp³-hybridized carbons (Fsp3) is 0.467. The summed E-state index contributed by atoms with van der Waals surface area (Å²) in [5.74, 6) is -3.98. The van der Waals surface area contributed by atoms with E-state index < -0.39 is 29.8 Å². The van der Waals surface area contributed by atoms with Crippen LogP contribution in [0.4, 0.5) is 22.0 Å². The SMILES string of the molecule is CCCCCOC1COC(CCc2ccc3c(F)c(CCc4cc(F)c(OC(F)F)c(F)c4)ccc3c2)OC1. The minimum absolute atomic E-state index is 0.0344. The van der Waals surface area contributed by atoms with Crippen molar-refractivity contribution in [3.05, 3.63) is 76.6 Å². The van der Waals surface area contributed by atoms with Gasteiger partial charge in [0.2, 0.25) is 0 Å². The number of aryl methyl sites for hydroxylation is 3. The highest BCUT2D eigenvalue weighted by Gasteiger charge is 2.22. The monoisotopic (exact) mass is 552 g/mol. The van der Waals surface area contributed by atoms with Gasteiger partial charge >= 0.3 is 6.61 Å². The van der Waals surface area contributed by atoms with Crippen LogP contribution in [0.15, 0.2) is 42.5 Å². The molecule has 0 spiro atoms. The molecule has 0 radical (unpaired) electrons. The molecule has 1 fully saturated rings. The zero-order valence-corrected chi connectivity index (χ0v) is 21.9. The molecule has 9 heteroatoms. The Morgan fingerprint density at radius 1 is 0.872 bits per heavy atom. The minimum atomic E-state index is -3.34. The van der Waals surface area contributed by atoms with Crippen molar-refractivity contribution in [2.75, 3.05) is 19.8 Å². The first-order valence-corrected chi connectivity index (χ1v) is 13.3.